The van der Waals surface area contributed by atoms with Gasteiger partial charge in [0.25, 0.3) is 0 Å². The summed E-state index contributed by atoms with van der Waals surface area (Å²) in [5, 5.41) is 10.0. The molecular formula is C36H55BrO8Si. The predicted molar refractivity (Wildman–Crippen MR) is 189 cm³/mol. The van der Waals surface area contributed by atoms with E-state index in [1.807, 2.05) is 63.3 Å². The molecule has 1 N–H and O–H groups in total. The highest BCUT2D eigenvalue weighted by molar-refractivity contribution is 9.11. The fourth-order valence-electron chi connectivity index (χ4n) is 5.14. The third-order valence-electron chi connectivity index (χ3n) is 9.45. The van der Waals surface area contributed by atoms with Crippen molar-refractivity contribution in [2.45, 2.75) is 117 Å². The number of aliphatic carboxylic acids is 1. The van der Waals surface area contributed by atoms with Crippen molar-refractivity contribution in [2.24, 2.45) is 11.3 Å². The van der Waals surface area contributed by atoms with Gasteiger partial charge >= 0.3 is 5.97 Å². The van der Waals surface area contributed by atoms with Crippen LogP contribution in [0.15, 0.2) is 59.1 Å². The highest BCUT2D eigenvalue weighted by Crippen LogP contribution is 2.44. The van der Waals surface area contributed by atoms with Crippen molar-refractivity contribution in [1.82, 2.24) is 0 Å². The van der Waals surface area contributed by atoms with Crippen LogP contribution in [0.2, 0.25) is 18.1 Å². The number of halogens is 1. The zero-order valence-electron chi connectivity index (χ0n) is 29.5. The maximum Gasteiger partial charge on any atom is 0.311 e. The molecule has 0 aliphatic carbocycles. The van der Waals surface area contributed by atoms with Crippen molar-refractivity contribution in [2.75, 3.05) is 14.2 Å². The number of rotatable bonds is 16. The van der Waals surface area contributed by atoms with Crippen molar-refractivity contribution in [3.63, 3.8) is 0 Å². The van der Waals surface area contributed by atoms with Crippen LogP contribution in [-0.2, 0) is 34.8 Å². The van der Waals surface area contributed by atoms with Crippen LogP contribution in [0.1, 0.15) is 73.3 Å². The summed E-state index contributed by atoms with van der Waals surface area (Å²) in [7, 11) is 0.976. The zero-order chi connectivity index (χ0) is 34.9. The van der Waals surface area contributed by atoms with Crippen LogP contribution in [0.25, 0.3) is 0 Å². The number of allylic oxidation sites excluding steroid dienone is 3. The monoisotopic (exact) mass is 722 g/mol. The fourth-order valence-corrected chi connectivity index (χ4v) is 6.58. The zero-order valence-corrected chi connectivity index (χ0v) is 32.1. The van der Waals surface area contributed by atoms with E-state index in [0.29, 0.717) is 19.4 Å². The van der Waals surface area contributed by atoms with Gasteiger partial charge in [-0.3, -0.25) is 9.59 Å². The summed E-state index contributed by atoms with van der Waals surface area (Å²) in [6.07, 6.45) is 7.44. The lowest BCUT2D eigenvalue weighted by Crippen LogP contribution is -2.58. The quantitative estimate of drug-likeness (QED) is 0.103. The van der Waals surface area contributed by atoms with Crippen LogP contribution in [0.5, 0.6) is 5.75 Å². The molecule has 0 saturated carbocycles. The Kier molecular flexibility index (Phi) is 14.7. The molecule has 1 aliphatic rings. The molecule has 1 aromatic rings. The number of carbonyl (C=O) groups is 2. The summed E-state index contributed by atoms with van der Waals surface area (Å²) in [6, 6.07) is 7.58. The number of benzene rings is 1. The van der Waals surface area contributed by atoms with E-state index in [0.717, 1.165) is 16.9 Å². The van der Waals surface area contributed by atoms with Gasteiger partial charge in [0.15, 0.2) is 19.9 Å². The number of ketones is 1. The highest BCUT2D eigenvalue weighted by Gasteiger charge is 2.53. The van der Waals surface area contributed by atoms with Crippen LogP contribution < -0.4 is 4.74 Å². The number of ether oxygens (including phenoxy) is 4. The third-order valence-corrected chi connectivity index (χ3v) is 14.3. The molecule has 5 atom stereocenters. The minimum absolute atomic E-state index is 0.0328. The van der Waals surface area contributed by atoms with Gasteiger partial charge in [-0.05, 0) is 67.2 Å². The molecule has 0 unspecified atom stereocenters. The first-order valence-corrected chi connectivity index (χ1v) is 19.7. The number of hydrogen-bond donors (Lipinski definition) is 1. The summed E-state index contributed by atoms with van der Waals surface area (Å²) in [6.45, 7) is 18.5. The maximum absolute atomic E-state index is 14.0. The second-order valence-electron chi connectivity index (χ2n) is 14.3. The van der Waals surface area contributed by atoms with E-state index in [2.05, 4.69) is 49.8 Å². The molecule has 0 spiro atoms. The fraction of sp³-hybridized carbons (Fsp3) is 0.611. The maximum atomic E-state index is 14.0. The standard InChI is InChI=1S/C36H55BrO8Si/c1-25(20-29(14-12-13-19-37)45-46(10,11)34(3,4)5)21-31(38)35(6,7)32-22-30(23-36(42-9,44-32)26(2)33(39)40)43-24-27-15-17-28(41-8)18-16-27/h12-19,21,26,29-30,32H,20,22-24H2,1-11H3,(H,39,40)/b14-12+,19-13+,25-21+/t26-,29+,30-,32-,36+/m1/s1. The Hall–Kier alpha value is -2.08. The lowest BCUT2D eigenvalue weighted by atomic mass is 9.75. The number of carboxylic acid groups (broad SMARTS) is 1. The largest absolute Gasteiger partial charge is 0.497 e. The van der Waals surface area contributed by atoms with Gasteiger partial charge in [0.05, 0.1) is 37.4 Å². The normalized spacial score (nSPS) is 23.1. The molecule has 1 saturated heterocycles. The topological polar surface area (TPSA) is 101 Å². The third kappa shape index (κ3) is 10.7. The van der Waals surface area contributed by atoms with E-state index in [9.17, 15) is 14.7 Å². The molecular weight excluding hydrogens is 668 g/mol. The summed E-state index contributed by atoms with van der Waals surface area (Å²) >= 11 is 3.31. The Morgan fingerprint density at radius 3 is 2.28 bits per heavy atom. The summed E-state index contributed by atoms with van der Waals surface area (Å²) in [5.74, 6) is -2.88. The molecule has 0 bridgehead atoms. The molecule has 258 valence electrons. The number of hydrogen-bond acceptors (Lipinski definition) is 7. The van der Waals surface area contributed by atoms with Crippen molar-refractivity contribution in [3.8, 4) is 5.75 Å². The Morgan fingerprint density at radius 1 is 1.13 bits per heavy atom. The molecule has 8 nitrogen and oxygen atoms in total. The summed E-state index contributed by atoms with van der Waals surface area (Å²) < 4.78 is 30.6. The van der Waals surface area contributed by atoms with E-state index in [1.54, 1.807) is 25.1 Å². The summed E-state index contributed by atoms with van der Waals surface area (Å²) in [5.41, 5.74) is 0.826. The molecule has 10 heteroatoms. The molecule has 0 amide bonds. The van der Waals surface area contributed by atoms with Gasteiger partial charge in [-0.15, -0.1) is 0 Å². The van der Waals surface area contributed by atoms with Crippen LogP contribution in [0.3, 0.4) is 0 Å². The van der Waals surface area contributed by atoms with E-state index >= 15 is 0 Å². The molecule has 2 rings (SSSR count). The van der Waals surface area contributed by atoms with E-state index in [-0.39, 0.29) is 23.3 Å². The van der Waals surface area contributed by atoms with Gasteiger partial charge in [-0.2, -0.15) is 0 Å². The smallest absolute Gasteiger partial charge is 0.311 e. The first kappa shape index (κ1) is 40.1. The first-order chi connectivity index (χ1) is 21.3. The van der Waals surface area contributed by atoms with E-state index in [4.69, 9.17) is 23.4 Å². The van der Waals surface area contributed by atoms with Crippen molar-refractivity contribution >= 4 is 36.0 Å². The number of methoxy groups -OCH3 is 2. The Labute approximate surface area is 285 Å². The highest BCUT2D eigenvalue weighted by atomic mass is 79.9. The van der Waals surface area contributed by atoms with Gasteiger partial charge in [0.1, 0.15) is 11.7 Å². The van der Waals surface area contributed by atoms with E-state index in [1.165, 1.54) is 7.11 Å². The van der Waals surface area contributed by atoms with Crippen LogP contribution in [0, 0.1) is 11.3 Å². The van der Waals surface area contributed by atoms with Gasteiger partial charge in [0.2, 0.25) is 0 Å². The molecule has 0 aromatic heterocycles. The molecule has 46 heavy (non-hydrogen) atoms. The lowest BCUT2D eigenvalue weighted by Gasteiger charge is -2.49. The summed E-state index contributed by atoms with van der Waals surface area (Å²) in [4.78, 5) is 28.0. The van der Waals surface area contributed by atoms with Crippen molar-refractivity contribution in [1.29, 1.82) is 0 Å². The first-order valence-electron chi connectivity index (χ1n) is 15.8. The lowest BCUT2D eigenvalue weighted by molar-refractivity contribution is -0.320. The second-order valence-corrected chi connectivity index (χ2v) is 19.6. The number of carboxylic acids is 1. The Bertz CT molecular complexity index is 1250. The van der Waals surface area contributed by atoms with Crippen molar-refractivity contribution < 1.29 is 38.1 Å². The van der Waals surface area contributed by atoms with Crippen LogP contribution in [0.4, 0.5) is 0 Å². The average molecular weight is 724 g/mol. The molecule has 1 aromatic carbocycles. The van der Waals surface area contributed by atoms with Crippen LogP contribution >= 0.6 is 15.9 Å². The SMILES string of the molecule is COc1ccc(CO[C@@H]2C[C@H](C(C)(C)C(=O)/C=C(\C)C[C@H](/C=C/C=C/Br)O[Si](C)(C)C(C)(C)C)O[C@](OC)([C@H](C)C(=O)O)C2)cc1. The predicted octanol–water partition coefficient (Wildman–Crippen LogP) is 8.61. The van der Waals surface area contributed by atoms with Crippen LogP contribution in [-0.4, -0.2) is 63.5 Å². The molecule has 0 radical (unpaired) electrons. The Morgan fingerprint density at radius 2 is 1.76 bits per heavy atom. The minimum Gasteiger partial charge on any atom is -0.497 e. The second kappa shape index (κ2) is 16.8. The van der Waals surface area contributed by atoms with Gasteiger partial charge < -0.3 is 28.5 Å². The molecule has 1 fully saturated rings. The average Bonchev–Trinajstić information content (AvgIpc) is 2.98. The van der Waals surface area contributed by atoms with Crippen molar-refractivity contribution in [3.05, 3.63) is 64.7 Å². The van der Waals surface area contributed by atoms with Gasteiger partial charge in [-0.25, -0.2) is 0 Å². The number of carbonyl (C=O) groups excluding carboxylic acids is 1. The van der Waals surface area contributed by atoms with Gasteiger partial charge in [-0.1, -0.05) is 86.5 Å². The molecule has 1 aliphatic heterocycles. The van der Waals surface area contributed by atoms with Gasteiger partial charge in [0, 0.05) is 20.0 Å². The molecule has 1 heterocycles. The van der Waals surface area contributed by atoms with E-state index < -0.39 is 43.6 Å². The minimum atomic E-state index is -2.09. The Balaban J connectivity index is 2.35.